The van der Waals surface area contributed by atoms with Gasteiger partial charge in [0.05, 0.1) is 18.1 Å². The van der Waals surface area contributed by atoms with E-state index in [0.717, 1.165) is 5.39 Å². The molecule has 1 aromatic carbocycles. The Kier molecular flexibility index (Phi) is 2.00. The predicted molar refractivity (Wildman–Crippen MR) is 53.5 cm³/mol. The van der Waals surface area contributed by atoms with Crippen LogP contribution in [0.1, 0.15) is 5.56 Å². The van der Waals surface area contributed by atoms with Gasteiger partial charge in [-0.15, -0.1) is 0 Å². The van der Waals surface area contributed by atoms with Gasteiger partial charge in [-0.05, 0) is 19.1 Å². The van der Waals surface area contributed by atoms with Gasteiger partial charge in [0.1, 0.15) is 11.3 Å². The largest absolute Gasteiger partial charge is 0.495 e. The van der Waals surface area contributed by atoms with Crippen molar-refractivity contribution in [2.75, 3.05) is 7.11 Å². The number of para-hydroxylation sites is 1. The van der Waals surface area contributed by atoms with Crippen LogP contribution in [0.15, 0.2) is 33.5 Å². The standard InChI is InChI=1S/C11H9O3/c1-7-10(13-2)8-5-3-4-6-9(8)14-11(7)12/h3-6H,1H2,2H3. The van der Waals surface area contributed by atoms with E-state index in [1.165, 1.54) is 7.11 Å². The SMILES string of the molecule is [CH2]c1c(OC)c2ccccc2oc1=O. The van der Waals surface area contributed by atoms with E-state index in [1.807, 2.05) is 12.1 Å². The molecule has 2 aromatic rings. The summed E-state index contributed by atoms with van der Waals surface area (Å²) in [7, 11) is 1.51. The lowest BCUT2D eigenvalue weighted by Gasteiger charge is -2.05. The van der Waals surface area contributed by atoms with Crippen molar-refractivity contribution in [2.24, 2.45) is 0 Å². The first-order chi connectivity index (χ1) is 6.74. The van der Waals surface area contributed by atoms with Crippen molar-refractivity contribution in [3.63, 3.8) is 0 Å². The Balaban J connectivity index is 2.96. The molecular formula is C11H9O3. The van der Waals surface area contributed by atoms with Crippen LogP contribution in [-0.2, 0) is 0 Å². The van der Waals surface area contributed by atoms with E-state index in [4.69, 9.17) is 9.15 Å². The Hall–Kier alpha value is -1.77. The molecule has 0 unspecified atom stereocenters. The molecule has 71 valence electrons. The van der Waals surface area contributed by atoms with Crippen molar-refractivity contribution in [3.8, 4) is 5.75 Å². The van der Waals surface area contributed by atoms with Crippen molar-refractivity contribution >= 4 is 11.0 Å². The van der Waals surface area contributed by atoms with Crippen LogP contribution in [0.25, 0.3) is 11.0 Å². The molecule has 3 nitrogen and oxygen atoms in total. The Morgan fingerprint density at radius 1 is 1.36 bits per heavy atom. The van der Waals surface area contributed by atoms with Gasteiger partial charge in [0.15, 0.2) is 0 Å². The number of ether oxygens (including phenoxy) is 1. The van der Waals surface area contributed by atoms with Crippen LogP contribution >= 0.6 is 0 Å². The summed E-state index contributed by atoms with van der Waals surface area (Å²) in [4.78, 5) is 11.3. The maximum absolute atomic E-state index is 11.3. The van der Waals surface area contributed by atoms with E-state index < -0.39 is 5.63 Å². The molecule has 0 aliphatic rings. The molecule has 1 radical (unpaired) electrons. The third-order valence-corrected chi connectivity index (χ3v) is 2.06. The summed E-state index contributed by atoms with van der Waals surface area (Å²) < 4.78 is 10.2. The molecule has 0 saturated carbocycles. The average Bonchev–Trinajstić information content (AvgIpc) is 2.20. The molecule has 0 saturated heterocycles. The van der Waals surface area contributed by atoms with Crippen LogP contribution in [0.3, 0.4) is 0 Å². The summed E-state index contributed by atoms with van der Waals surface area (Å²) in [6, 6.07) is 7.20. The molecule has 2 rings (SSSR count). The van der Waals surface area contributed by atoms with Crippen molar-refractivity contribution < 1.29 is 9.15 Å². The molecule has 0 bridgehead atoms. The topological polar surface area (TPSA) is 39.4 Å². The molecule has 3 heteroatoms. The lowest BCUT2D eigenvalue weighted by atomic mass is 10.2. The maximum atomic E-state index is 11.3. The van der Waals surface area contributed by atoms with Gasteiger partial charge in [-0.1, -0.05) is 12.1 Å². The number of hydrogen-bond donors (Lipinski definition) is 0. The maximum Gasteiger partial charge on any atom is 0.343 e. The number of fused-ring (bicyclic) bond motifs is 1. The average molecular weight is 189 g/mol. The fourth-order valence-corrected chi connectivity index (χ4v) is 1.39. The van der Waals surface area contributed by atoms with E-state index >= 15 is 0 Å². The predicted octanol–water partition coefficient (Wildman–Crippen LogP) is 1.98. The zero-order valence-corrected chi connectivity index (χ0v) is 7.74. The second-order valence-corrected chi connectivity index (χ2v) is 2.90. The second-order valence-electron chi connectivity index (χ2n) is 2.90. The minimum absolute atomic E-state index is 0.256. The molecule has 0 atom stereocenters. The zero-order valence-electron chi connectivity index (χ0n) is 7.74. The lowest BCUT2D eigenvalue weighted by Crippen LogP contribution is -2.05. The lowest BCUT2D eigenvalue weighted by molar-refractivity contribution is 0.411. The van der Waals surface area contributed by atoms with Crippen LogP contribution in [0.2, 0.25) is 0 Å². The van der Waals surface area contributed by atoms with Crippen LogP contribution in [0, 0.1) is 6.92 Å². The molecule has 0 spiro atoms. The molecule has 0 fully saturated rings. The number of rotatable bonds is 1. The summed E-state index contributed by atoms with van der Waals surface area (Å²) in [6.07, 6.45) is 0. The fraction of sp³-hybridized carbons (Fsp3) is 0.0909. The highest BCUT2D eigenvalue weighted by molar-refractivity contribution is 5.84. The van der Waals surface area contributed by atoms with Crippen LogP contribution in [0.5, 0.6) is 5.75 Å². The van der Waals surface area contributed by atoms with Gasteiger partial charge in [-0.25, -0.2) is 4.79 Å². The normalized spacial score (nSPS) is 10.4. The Labute approximate surface area is 80.9 Å². The first-order valence-corrected chi connectivity index (χ1v) is 4.16. The van der Waals surface area contributed by atoms with Gasteiger partial charge < -0.3 is 9.15 Å². The Morgan fingerprint density at radius 3 is 2.79 bits per heavy atom. The minimum Gasteiger partial charge on any atom is -0.495 e. The Morgan fingerprint density at radius 2 is 2.07 bits per heavy atom. The van der Waals surface area contributed by atoms with Gasteiger partial charge in [-0.3, -0.25) is 0 Å². The van der Waals surface area contributed by atoms with Crippen LogP contribution in [0.4, 0.5) is 0 Å². The molecule has 0 N–H and O–H groups in total. The first-order valence-electron chi connectivity index (χ1n) is 4.16. The van der Waals surface area contributed by atoms with Crippen molar-refractivity contribution in [2.45, 2.75) is 0 Å². The molecule has 0 amide bonds. The highest BCUT2D eigenvalue weighted by Crippen LogP contribution is 2.25. The van der Waals surface area contributed by atoms with E-state index in [-0.39, 0.29) is 5.56 Å². The molecule has 0 aliphatic heterocycles. The molecule has 14 heavy (non-hydrogen) atoms. The summed E-state index contributed by atoms with van der Waals surface area (Å²) in [5.41, 5.74) is 0.313. The molecule has 0 aliphatic carbocycles. The molecule has 1 heterocycles. The quantitative estimate of drug-likeness (QED) is 0.644. The third kappa shape index (κ3) is 1.18. The monoisotopic (exact) mass is 189 g/mol. The zero-order chi connectivity index (χ0) is 10.1. The highest BCUT2D eigenvalue weighted by atomic mass is 16.5. The van der Waals surface area contributed by atoms with E-state index in [9.17, 15) is 4.79 Å². The van der Waals surface area contributed by atoms with Crippen molar-refractivity contribution in [1.29, 1.82) is 0 Å². The van der Waals surface area contributed by atoms with Gasteiger partial charge in [0.25, 0.3) is 0 Å². The summed E-state index contributed by atoms with van der Waals surface area (Å²) in [5, 5.41) is 0.764. The van der Waals surface area contributed by atoms with Gasteiger partial charge in [-0.2, -0.15) is 0 Å². The van der Waals surface area contributed by atoms with E-state index in [2.05, 4.69) is 6.92 Å². The van der Waals surface area contributed by atoms with Gasteiger partial charge >= 0.3 is 5.63 Å². The van der Waals surface area contributed by atoms with E-state index in [0.29, 0.717) is 11.3 Å². The molecule has 1 aromatic heterocycles. The van der Waals surface area contributed by atoms with E-state index in [1.54, 1.807) is 12.1 Å². The fourth-order valence-electron chi connectivity index (χ4n) is 1.39. The number of methoxy groups -OCH3 is 1. The first kappa shape index (κ1) is 8.81. The summed E-state index contributed by atoms with van der Waals surface area (Å²) in [5.74, 6) is 0.483. The Bertz CT molecular complexity index is 526. The van der Waals surface area contributed by atoms with Crippen LogP contribution < -0.4 is 10.4 Å². The minimum atomic E-state index is -0.458. The highest BCUT2D eigenvalue weighted by Gasteiger charge is 2.10. The van der Waals surface area contributed by atoms with Gasteiger partial charge in [0.2, 0.25) is 0 Å². The van der Waals surface area contributed by atoms with Crippen molar-refractivity contribution in [3.05, 3.63) is 47.2 Å². The smallest absolute Gasteiger partial charge is 0.343 e. The van der Waals surface area contributed by atoms with Crippen molar-refractivity contribution in [1.82, 2.24) is 0 Å². The summed E-state index contributed by atoms with van der Waals surface area (Å²) >= 11 is 0. The summed E-state index contributed by atoms with van der Waals surface area (Å²) in [6.45, 7) is 3.61. The molecular weight excluding hydrogens is 180 g/mol. The third-order valence-electron chi connectivity index (χ3n) is 2.06. The van der Waals surface area contributed by atoms with Crippen LogP contribution in [-0.4, -0.2) is 7.11 Å². The second kappa shape index (κ2) is 3.18. The number of hydrogen-bond acceptors (Lipinski definition) is 3. The number of benzene rings is 1. The van der Waals surface area contributed by atoms with Gasteiger partial charge in [0, 0.05) is 0 Å².